The Morgan fingerprint density at radius 1 is 1.00 bits per heavy atom. The quantitative estimate of drug-likeness (QED) is 0.656. The summed E-state index contributed by atoms with van der Waals surface area (Å²) >= 11 is 0. The van der Waals surface area contributed by atoms with Crippen molar-refractivity contribution >= 4 is 29.3 Å². The number of aliphatic carboxylic acids is 1. The molecule has 2 rings (SSSR count). The van der Waals surface area contributed by atoms with Gasteiger partial charge in [-0.1, -0.05) is 6.42 Å². The maximum atomic E-state index is 12.3. The number of anilines is 2. The Morgan fingerprint density at radius 3 is 2.12 bits per heavy atom. The van der Waals surface area contributed by atoms with Crippen LogP contribution >= 0.6 is 0 Å². The Bertz CT molecular complexity index is 628. The predicted molar refractivity (Wildman–Crippen MR) is 95.4 cm³/mol. The molecule has 136 valence electrons. The maximum absolute atomic E-state index is 12.3. The van der Waals surface area contributed by atoms with Crippen LogP contribution in [0.3, 0.4) is 0 Å². The van der Waals surface area contributed by atoms with E-state index in [1.165, 1.54) is 0 Å². The van der Waals surface area contributed by atoms with E-state index in [0.29, 0.717) is 30.6 Å². The highest BCUT2D eigenvalue weighted by molar-refractivity contribution is 5.94. The van der Waals surface area contributed by atoms with Crippen LogP contribution in [0, 0.1) is 11.8 Å². The van der Waals surface area contributed by atoms with Crippen molar-refractivity contribution in [1.82, 2.24) is 5.32 Å². The second-order valence-electron chi connectivity index (χ2n) is 6.72. The number of carbonyl (C=O) groups is 3. The lowest BCUT2D eigenvalue weighted by molar-refractivity contribution is -0.143. The van der Waals surface area contributed by atoms with Gasteiger partial charge >= 0.3 is 12.0 Å². The average Bonchev–Trinajstić information content (AvgIpc) is 2.56. The summed E-state index contributed by atoms with van der Waals surface area (Å²) in [7, 11) is 0. The van der Waals surface area contributed by atoms with Gasteiger partial charge in [0.15, 0.2) is 0 Å². The highest BCUT2D eigenvalue weighted by atomic mass is 16.4. The molecule has 25 heavy (non-hydrogen) atoms. The summed E-state index contributed by atoms with van der Waals surface area (Å²) in [6.07, 6.45) is 2.49. The molecule has 2 unspecified atom stereocenters. The second-order valence-corrected chi connectivity index (χ2v) is 6.72. The van der Waals surface area contributed by atoms with Gasteiger partial charge in [0.2, 0.25) is 5.91 Å². The van der Waals surface area contributed by atoms with Crippen molar-refractivity contribution in [2.45, 2.75) is 45.6 Å². The topological polar surface area (TPSA) is 108 Å². The molecule has 1 fully saturated rings. The molecule has 0 spiro atoms. The molecular formula is C18H25N3O4. The number of benzene rings is 1. The molecule has 0 bridgehead atoms. The van der Waals surface area contributed by atoms with E-state index >= 15 is 0 Å². The number of carboxylic acids is 1. The van der Waals surface area contributed by atoms with Crippen LogP contribution in [0.15, 0.2) is 24.3 Å². The van der Waals surface area contributed by atoms with Crippen molar-refractivity contribution in [3.63, 3.8) is 0 Å². The standard InChI is InChI=1S/C18H25N3O4/c1-11(2)19-18(25)21-15-8-6-14(7-9-15)20-16(22)12-4-3-5-13(10-12)17(23)24/h6-9,11-13H,3-5,10H2,1-2H3,(H,20,22)(H,23,24)(H2,19,21,25). The van der Waals surface area contributed by atoms with Gasteiger partial charge in [0.25, 0.3) is 0 Å². The lowest BCUT2D eigenvalue weighted by Crippen LogP contribution is -2.34. The molecule has 1 aromatic rings. The molecule has 0 aromatic heterocycles. The van der Waals surface area contributed by atoms with Crippen LogP contribution in [-0.2, 0) is 9.59 Å². The van der Waals surface area contributed by atoms with Crippen molar-refractivity contribution in [1.29, 1.82) is 0 Å². The minimum Gasteiger partial charge on any atom is -0.481 e. The van der Waals surface area contributed by atoms with E-state index in [1.54, 1.807) is 24.3 Å². The van der Waals surface area contributed by atoms with E-state index in [9.17, 15) is 14.4 Å². The Labute approximate surface area is 147 Å². The molecule has 1 aromatic carbocycles. The fourth-order valence-corrected chi connectivity index (χ4v) is 2.96. The molecule has 4 N–H and O–H groups in total. The van der Waals surface area contributed by atoms with Gasteiger partial charge in [0, 0.05) is 23.3 Å². The third-order valence-corrected chi connectivity index (χ3v) is 4.22. The van der Waals surface area contributed by atoms with Crippen LogP contribution < -0.4 is 16.0 Å². The van der Waals surface area contributed by atoms with E-state index < -0.39 is 11.9 Å². The Kier molecular flexibility index (Phi) is 6.38. The van der Waals surface area contributed by atoms with E-state index in [2.05, 4.69) is 16.0 Å². The summed E-state index contributed by atoms with van der Waals surface area (Å²) in [4.78, 5) is 35.1. The third-order valence-electron chi connectivity index (χ3n) is 4.22. The minimum atomic E-state index is -0.826. The Hall–Kier alpha value is -2.57. The van der Waals surface area contributed by atoms with E-state index in [0.717, 1.165) is 6.42 Å². The zero-order chi connectivity index (χ0) is 18.4. The van der Waals surface area contributed by atoms with Crippen LogP contribution in [0.25, 0.3) is 0 Å². The van der Waals surface area contributed by atoms with Gasteiger partial charge in [0.05, 0.1) is 5.92 Å². The molecule has 0 saturated heterocycles. The van der Waals surface area contributed by atoms with Gasteiger partial charge in [-0.15, -0.1) is 0 Å². The molecule has 0 heterocycles. The number of carbonyl (C=O) groups excluding carboxylic acids is 2. The van der Waals surface area contributed by atoms with E-state index in [1.807, 2.05) is 13.8 Å². The Morgan fingerprint density at radius 2 is 1.56 bits per heavy atom. The molecule has 2 atom stereocenters. The molecule has 3 amide bonds. The van der Waals surface area contributed by atoms with Crippen LogP contribution in [0.1, 0.15) is 39.5 Å². The summed E-state index contributed by atoms with van der Waals surface area (Å²) in [6, 6.07) is 6.59. The number of rotatable bonds is 5. The largest absolute Gasteiger partial charge is 0.481 e. The molecule has 1 saturated carbocycles. The first-order valence-electron chi connectivity index (χ1n) is 8.56. The first-order chi connectivity index (χ1) is 11.8. The third kappa shape index (κ3) is 5.77. The van der Waals surface area contributed by atoms with Gasteiger partial charge in [-0.2, -0.15) is 0 Å². The summed E-state index contributed by atoms with van der Waals surface area (Å²) in [5.41, 5.74) is 1.25. The molecule has 1 aliphatic rings. The van der Waals surface area contributed by atoms with Crippen molar-refractivity contribution in [3.05, 3.63) is 24.3 Å². The number of nitrogens with one attached hydrogen (secondary N) is 3. The first kappa shape index (κ1) is 18.8. The molecule has 1 aliphatic carbocycles. The number of carboxylic acid groups (broad SMARTS) is 1. The smallest absolute Gasteiger partial charge is 0.319 e. The predicted octanol–water partition coefficient (Wildman–Crippen LogP) is 3.05. The number of urea groups is 1. The van der Waals surface area contributed by atoms with Gasteiger partial charge in [-0.25, -0.2) is 4.79 Å². The highest BCUT2D eigenvalue weighted by Gasteiger charge is 2.30. The normalized spacial score (nSPS) is 20.0. The summed E-state index contributed by atoms with van der Waals surface area (Å²) < 4.78 is 0. The van der Waals surface area contributed by atoms with Gasteiger partial charge < -0.3 is 21.1 Å². The monoisotopic (exact) mass is 347 g/mol. The summed E-state index contributed by atoms with van der Waals surface area (Å²) in [5.74, 6) is -1.68. The van der Waals surface area contributed by atoms with Crippen molar-refractivity contribution in [2.24, 2.45) is 11.8 Å². The van der Waals surface area contributed by atoms with Crippen LogP contribution in [0.2, 0.25) is 0 Å². The summed E-state index contributed by atoms with van der Waals surface area (Å²) in [5, 5.41) is 17.4. The van der Waals surface area contributed by atoms with Gasteiger partial charge in [0.1, 0.15) is 0 Å². The Balaban J connectivity index is 1.89. The van der Waals surface area contributed by atoms with Gasteiger partial charge in [-0.3, -0.25) is 9.59 Å². The molecule has 7 nitrogen and oxygen atoms in total. The molecule has 0 radical (unpaired) electrons. The number of hydrogen-bond acceptors (Lipinski definition) is 3. The lowest BCUT2D eigenvalue weighted by Gasteiger charge is -2.25. The average molecular weight is 347 g/mol. The number of amides is 3. The SMILES string of the molecule is CC(C)NC(=O)Nc1ccc(NC(=O)C2CCCC(C(=O)O)C2)cc1. The van der Waals surface area contributed by atoms with Gasteiger partial charge in [-0.05, 0) is 57.4 Å². The first-order valence-corrected chi connectivity index (χ1v) is 8.56. The van der Waals surface area contributed by atoms with E-state index in [-0.39, 0.29) is 23.9 Å². The zero-order valence-electron chi connectivity index (χ0n) is 14.5. The van der Waals surface area contributed by atoms with Crippen molar-refractivity contribution < 1.29 is 19.5 Å². The fraction of sp³-hybridized carbons (Fsp3) is 0.500. The highest BCUT2D eigenvalue weighted by Crippen LogP contribution is 2.30. The van der Waals surface area contributed by atoms with Crippen molar-refractivity contribution in [3.8, 4) is 0 Å². The van der Waals surface area contributed by atoms with Crippen molar-refractivity contribution in [2.75, 3.05) is 10.6 Å². The second kappa shape index (κ2) is 8.50. The minimum absolute atomic E-state index is 0.0451. The van der Waals surface area contributed by atoms with Crippen LogP contribution in [0.5, 0.6) is 0 Å². The van der Waals surface area contributed by atoms with Crippen LogP contribution in [0.4, 0.5) is 16.2 Å². The number of hydrogen-bond donors (Lipinski definition) is 4. The zero-order valence-corrected chi connectivity index (χ0v) is 14.5. The molecular weight excluding hydrogens is 322 g/mol. The summed E-state index contributed by atoms with van der Waals surface area (Å²) in [6.45, 7) is 3.75. The molecule has 7 heteroatoms. The maximum Gasteiger partial charge on any atom is 0.319 e. The van der Waals surface area contributed by atoms with Crippen LogP contribution in [-0.4, -0.2) is 29.1 Å². The van der Waals surface area contributed by atoms with E-state index in [4.69, 9.17) is 5.11 Å². The fourth-order valence-electron chi connectivity index (χ4n) is 2.96. The molecule has 0 aliphatic heterocycles. The lowest BCUT2D eigenvalue weighted by atomic mass is 9.81.